The summed E-state index contributed by atoms with van der Waals surface area (Å²) in [6.07, 6.45) is 0. The van der Waals surface area contributed by atoms with E-state index in [2.05, 4.69) is 5.32 Å². The number of benzene rings is 2. The number of hydrogen-bond acceptors (Lipinski definition) is 3. The average molecular weight is 319 g/mol. The van der Waals surface area contributed by atoms with Gasteiger partial charge in [-0.1, -0.05) is 23.7 Å². The number of nitrogens with one attached hydrogen (secondary N) is 1. The minimum absolute atomic E-state index is 0.0571. The summed E-state index contributed by atoms with van der Waals surface area (Å²) >= 11 is 5.81. The van der Waals surface area contributed by atoms with Gasteiger partial charge in [-0.15, -0.1) is 0 Å². The van der Waals surface area contributed by atoms with Crippen LogP contribution in [0.25, 0.3) is 0 Å². The Balaban J connectivity index is 1.83. The van der Waals surface area contributed by atoms with E-state index in [0.29, 0.717) is 18.1 Å². The van der Waals surface area contributed by atoms with Gasteiger partial charge in [0.2, 0.25) is 5.91 Å². The van der Waals surface area contributed by atoms with Crippen molar-refractivity contribution in [3.05, 3.63) is 59.1 Å². The number of methoxy groups -OCH3 is 1. The van der Waals surface area contributed by atoms with Gasteiger partial charge in [-0.05, 0) is 49.0 Å². The number of rotatable bonds is 6. The van der Waals surface area contributed by atoms with Crippen LogP contribution < -0.4 is 10.1 Å². The second-order valence-electron chi connectivity index (χ2n) is 5.08. The van der Waals surface area contributed by atoms with Gasteiger partial charge in [-0.2, -0.15) is 0 Å². The minimum Gasteiger partial charge on any atom is -0.497 e. The molecule has 1 N–H and O–H groups in total. The number of halogens is 1. The van der Waals surface area contributed by atoms with E-state index in [4.69, 9.17) is 16.3 Å². The average Bonchev–Trinajstić information content (AvgIpc) is 2.50. The van der Waals surface area contributed by atoms with Gasteiger partial charge in [0.25, 0.3) is 0 Å². The van der Waals surface area contributed by atoms with Crippen LogP contribution in [0.4, 0.5) is 5.69 Å². The van der Waals surface area contributed by atoms with Crippen LogP contribution in [0.3, 0.4) is 0 Å². The molecule has 2 aromatic carbocycles. The molecule has 0 unspecified atom stereocenters. The predicted molar refractivity (Wildman–Crippen MR) is 89.4 cm³/mol. The second kappa shape index (κ2) is 7.82. The molecule has 0 aliphatic carbocycles. The highest BCUT2D eigenvalue weighted by Crippen LogP contribution is 2.14. The molecule has 116 valence electrons. The first-order valence-corrected chi connectivity index (χ1v) is 7.31. The van der Waals surface area contributed by atoms with Crippen molar-refractivity contribution in [1.82, 2.24) is 4.90 Å². The Morgan fingerprint density at radius 3 is 2.36 bits per heavy atom. The molecule has 0 saturated heterocycles. The van der Waals surface area contributed by atoms with Crippen LogP contribution >= 0.6 is 11.6 Å². The van der Waals surface area contributed by atoms with Crippen molar-refractivity contribution >= 4 is 23.2 Å². The van der Waals surface area contributed by atoms with E-state index in [9.17, 15) is 4.79 Å². The SMILES string of the molecule is COc1ccc(CN(C)CC(=O)Nc2ccc(Cl)cc2)cc1. The number of ether oxygens (including phenoxy) is 1. The highest BCUT2D eigenvalue weighted by molar-refractivity contribution is 6.30. The number of anilines is 1. The third kappa shape index (κ3) is 5.06. The zero-order chi connectivity index (χ0) is 15.9. The molecule has 4 nitrogen and oxygen atoms in total. The molecule has 0 bridgehead atoms. The molecule has 0 saturated carbocycles. The molecule has 2 rings (SSSR count). The van der Waals surface area contributed by atoms with Crippen LogP contribution in [-0.4, -0.2) is 31.5 Å². The quantitative estimate of drug-likeness (QED) is 0.887. The molecule has 0 fully saturated rings. The number of carbonyl (C=O) groups excluding carboxylic acids is 1. The molecule has 22 heavy (non-hydrogen) atoms. The van der Waals surface area contributed by atoms with Gasteiger partial charge in [0.1, 0.15) is 5.75 Å². The minimum atomic E-state index is -0.0571. The normalized spacial score (nSPS) is 10.5. The van der Waals surface area contributed by atoms with Crippen molar-refractivity contribution in [1.29, 1.82) is 0 Å². The number of likely N-dealkylation sites (N-methyl/N-ethyl adjacent to an activating group) is 1. The van der Waals surface area contributed by atoms with Gasteiger partial charge >= 0.3 is 0 Å². The summed E-state index contributed by atoms with van der Waals surface area (Å²) in [5.74, 6) is 0.769. The molecule has 0 aliphatic rings. The second-order valence-corrected chi connectivity index (χ2v) is 5.51. The van der Waals surface area contributed by atoms with Crippen LogP contribution in [0, 0.1) is 0 Å². The Morgan fingerprint density at radius 1 is 1.14 bits per heavy atom. The highest BCUT2D eigenvalue weighted by atomic mass is 35.5. The number of amides is 1. The number of hydrogen-bond donors (Lipinski definition) is 1. The number of carbonyl (C=O) groups is 1. The predicted octanol–water partition coefficient (Wildman–Crippen LogP) is 3.42. The summed E-state index contributed by atoms with van der Waals surface area (Å²) in [4.78, 5) is 13.9. The number of nitrogens with zero attached hydrogens (tertiary/aromatic N) is 1. The zero-order valence-corrected chi connectivity index (χ0v) is 13.4. The topological polar surface area (TPSA) is 41.6 Å². The fourth-order valence-electron chi connectivity index (χ4n) is 2.08. The summed E-state index contributed by atoms with van der Waals surface area (Å²) < 4.78 is 5.13. The Hall–Kier alpha value is -2.04. The van der Waals surface area contributed by atoms with Gasteiger partial charge in [0.05, 0.1) is 13.7 Å². The lowest BCUT2D eigenvalue weighted by Crippen LogP contribution is -2.29. The smallest absolute Gasteiger partial charge is 0.238 e. The third-order valence-electron chi connectivity index (χ3n) is 3.15. The van der Waals surface area contributed by atoms with Crippen LogP contribution in [0.1, 0.15) is 5.56 Å². The largest absolute Gasteiger partial charge is 0.497 e. The molecule has 0 heterocycles. The summed E-state index contributed by atoms with van der Waals surface area (Å²) in [6, 6.07) is 14.9. The van der Waals surface area contributed by atoms with Gasteiger partial charge in [-0.3, -0.25) is 9.69 Å². The van der Waals surface area contributed by atoms with E-state index in [1.807, 2.05) is 36.2 Å². The van der Waals surface area contributed by atoms with Crippen molar-refractivity contribution in [2.45, 2.75) is 6.54 Å². The lowest BCUT2D eigenvalue weighted by atomic mass is 10.2. The van der Waals surface area contributed by atoms with Gasteiger partial charge < -0.3 is 10.1 Å². The van der Waals surface area contributed by atoms with Crippen LogP contribution in [0.2, 0.25) is 5.02 Å². The van der Waals surface area contributed by atoms with E-state index in [1.165, 1.54) is 0 Å². The van der Waals surface area contributed by atoms with E-state index in [-0.39, 0.29) is 5.91 Å². The van der Waals surface area contributed by atoms with Crippen LogP contribution in [-0.2, 0) is 11.3 Å². The lowest BCUT2D eigenvalue weighted by Gasteiger charge is -2.16. The summed E-state index contributed by atoms with van der Waals surface area (Å²) in [5, 5.41) is 3.49. The van der Waals surface area contributed by atoms with Crippen molar-refractivity contribution in [2.75, 3.05) is 26.0 Å². The summed E-state index contributed by atoms with van der Waals surface area (Å²) in [6.45, 7) is 1.01. The Bertz CT molecular complexity index is 612. The Kier molecular flexibility index (Phi) is 5.81. The van der Waals surface area contributed by atoms with E-state index >= 15 is 0 Å². The van der Waals surface area contributed by atoms with E-state index < -0.39 is 0 Å². The maximum absolute atomic E-state index is 12.0. The first-order chi connectivity index (χ1) is 10.6. The standard InChI is InChI=1S/C17H19ClN2O2/c1-20(11-13-3-9-16(22-2)10-4-13)12-17(21)19-15-7-5-14(18)6-8-15/h3-10H,11-12H2,1-2H3,(H,19,21). The molecule has 5 heteroatoms. The summed E-state index contributed by atoms with van der Waals surface area (Å²) in [5.41, 5.74) is 1.87. The highest BCUT2D eigenvalue weighted by Gasteiger charge is 2.08. The molecule has 0 spiro atoms. The maximum atomic E-state index is 12.0. The van der Waals surface area contributed by atoms with Crippen molar-refractivity contribution in [3.8, 4) is 5.75 Å². The van der Waals surface area contributed by atoms with Crippen molar-refractivity contribution < 1.29 is 9.53 Å². The Morgan fingerprint density at radius 2 is 1.77 bits per heavy atom. The fraction of sp³-hybridized carbons (Fsp3) is 0.235. The molecular formula is C17H19ClN2O2. The molecule has 0 aliphatic heterocycles. The van der Waals surface area contributed by atoms with Crippen LogP contribution in [0.5, 0.6) is 5.75 Å². The Labute approximate surface area is 135 Å². The van der Waals surface area contributed by atoms with Gasteiger partial charge in [0.15, 0.2) is 0 Å². The van der Waals surface area contributed by atoms with E-state index in [1.54, 1.807) is 31.4 Å². The molecule has 0 radical (unpaired) electrons. The van der Waals surface area contributed by atoms with E-state index in [0.717, 1.165) is 17.0 Å². The van der Waals surface area contributed by atoms with Crippen molar-refractivity contribution in [3.63, 3.8) is 0 Å². The zero-order valence-electron chi connectivity index (χ0n) is 12.7. The molecule has 1 amide bonds. The first-order valence-electron chi connectivity index (χ1n) is 6.93. The van der Waals surface area contributed by atoms with Gasteiger partial charge in [-0.25, -0.2) is 0 Å². The molecule has 0 atom stereocenters. The monoisotopic (exact) mass is 318 g/mol. The fourth-order valence-corrected chi connectivity index (χ4v) is 2.20. The van der Waals surface area contributed by atoms with Crippen LogP contribution in [0.15, 0.2) is 48.5 Å². The molecular weight excluding hydrogens is 300 g/mol. The summed E-state index contributed by atoms with van der Waals surface area (Å²) in [7, 11) is 3.55. The third-order valence-corrected chi connectivity index (χ3v) is 3.41. The maximum Gasteiger partial charge on any atom is 0.238 e. The lowest BCUT2D eigenvalue weighted by molar-refractivity contribution is -0.117. The van der Waals surface area contributed by atoms with Crippen molar-refractivity contribution in [2.24, 2.45) is 0 Å². The molecule has 0 aromatic heterocycles. The van der Waals surface area contributed by atoms with Gasteiger partial charge in [0, 0.05) is 17.3 Å². The molecule has 2 aromatic rings. The first kappa shape index (κ1) is 16.3.